The van der Waals surface area contributed by atoms with Gasteiger partial charge in [-0.3, -0.25) is 14.6 Å². The van der Waals surface area contributed by atoms with Crippen molar-refractivity contribution < 1.29 is 9.47 Å². The van der Waals surface area contributed by atoms with Crippen LogP contribution in [0.25, 0.3) is 11.5 Å². The predicted octanol–water partition coefficient (Wildman–Crippen LogP) is 2.06. The molecule has 0 amide bonds. The Morgan fingerprint density at radius 2 is 2.20 bits per heavy atom. The van der Waals surface area contributed by atoms with Crippen LogP contribution in [0.3, 0.4) is 0 Å². The molecule has 2 rings (SSSR count). The number of nitrogens with one attached hydrogen (secondary N) is 1. The number of pyridine rings is 1. The molecule has 0 bridgehead atoms. The van der Waals surface area contributed by atoms with Crippen molar-refractivity contribution in [3.63, 3.8) is 0 Å². The van der Waals surface area contributed by atoms with Gasteiger partial charge in [0.05, 0.1) is 13.2 Å². The van der Waals surface area contributed by atoms with Crippen molar-refractivity contribution in [3.05, 3.63) is 29.2 Å². The zero-order chi connectivity index (χ0) is 14.2. The molecule has 20 heavy (non-hydrogen) atoms. The van der Waals surface area contributed by atoms with E-state index in [9.17, 15) is 0 Å². The number of methoxy groups -OCH3 is 1. The number of hydrogen-bond donors (Lipinski definition) is 1. The lowest BCUT2D eigenvalue weighted by atomic mass is 10.3. The van der Waals surface area contributed by atoms with E-state index in [2.05, 4.69) is 15.2 Å². The van der Waals surface area contributed by atoms with Gasteiger partial charge in [-0.2, -0.15) is 5.10 Å². The number of ether oxygens (including phenoxy) is 2. The Morgan fingerprint density at radius 1 is 1.30 bits per heavy atom. The first-order valence-corrected chi connectivity index (χ1v) is 6.87. The Labute approximate surface area is 122 Å². The van der Waals surface area contributed by atoms with Crippen LogP contribution in [0, 0.1) is 4.77 Å². The number of rotatable bonds is 8. The van der Waals surface area contributed by atoms with E-state index in [0.717, 1.165) is 24.5 Å². The number of aromatic amines is 1. The molecule has 0 aliphatic heterocycles. The molecule has 2 aromatic rings. The van der Waals surface area contributed by atoms with Crippen LogP contribution in [0.4, 0.5) is 0 Å². The van der Waals surface area contributed by atoms with Gasteiger partial charge >= 0.3 is 0 Å². The molecule has 0 aliphatic rings. The van der Waals surface area contributed by atoms with Gasteiger partial charge in [-0.15, -0.1) is 0 Å². The lowest BCUT2D eigenvalue weighted by Crippen LogP contribution is -2.07. The van der Waals surface area contributed by atoms with Gasteiger partial charge in [0, 0.05) is 26.5 Å². The van der Waals surface area contributed by atoms with Crippen LogP contribution in [-0.2, 0) is 16.0 Å². The van der Waals surface area contributed by atoms with E-state index < -0.39 is 0 Å². The molecule has 0 aromatic carbocycles. The van der Waals surface area contributed by atoms with E-state index in [-0.39, 0.29) is 0 Å². The summed E-state index contributed by atoms with van der Waals surface area (Å²) in [6.45, 7) is 2.64. The van der Waals surface area contributed by atoms with Gasteiger partial charge in [0.15, 0.2) is 10.6 Å². The van der Waals surface area contributed by atoms with Crippen LogP contribution in [0.15, 0.2) is 24.4 Å². The summed E-state index contributed by atoms with van der Waals surface area (Å²) in [4.78, 5) is 4.29. The third-order valence-corrected chi connectivity index (χ3v) is 3.07. The molecule has 2 heterocycles. The SMILES string of the molecule is COCCOCCCn1c(-c2ccccn2)n[nH]c1=S. The second kappa shape index (κ2) is 7.88. The number of nitrogens with zero attached hydrogens (tertiary/aromatic N) is 3. The van der Waals surface area contributed by atoms with Crippen molar-refractivity contribution in [2.75, 3.05) is 26.9 Å². The first kappa shape index (κ1) is 14.8. The zero-order valence-electron chi connectivity index (χ0n) is 11.4. The maximum atomic E-state index is 5.44. The Hall–Kier alpha value is -1.57. The summed E-state index contributed by atoms with van der Waals surface area (Å²) < 4.78 is 12.9. The highest BCUT2D eigenvalue weighted by Gasteiger charge is 2.09. The van der Waals surface area contributed by atoms with Gasteiger partial charge in [0.25, 0.3) is 0 Å². The fourth-order valence-electron chi connectivity index (χ4n) is 1.78. The van der Waals surface area contributed by atoms with E-state index in [4.69, 9.17) is 21.7 Å². The largest absolute Gasteiger partial charge is 0.382 e. The van der Waals surface area contributed by atoms with Gasteiger partial charge in [0.2, 0.25) is 0 Å². The summed E-state index contributed by atoms with van der Waals surface area (Å²) in [7, 11) is 1.66. The molecule has 108 valence electrons. The van der Waals surface area contributed by atoms with E-state index >= 15 is 0 Å². The highest BCUT2D eigenvalue weighted by atomic mass is 32.1. The van der Waals surface area contributed by atoms with Crippen LogP contribution < -0.4 is 0 Å². The van der Waals surface area contributed by atoms with Gasteiger partial charge in [-0.1, -0.05) is 6.07 Å². The highest BCUT2D eigenvalue weighted by molar-refractivity contribution is 7.71. The topological polar surface area (TPSA) is 65.0 Å². The van der Waals surface area contributed by atoms with Gasteiger partial charge < -0.3 is 9.47 Å². The zero-order valence-corrected chi connectivity index (χ0v) is 12.2. The minimum atomic E-state index is 0.600. The minimum Gasteiger partial charge on any atom is -0.382 e. The molecule has 0 unspecified atom stereocenters. The number of aromatic nitrogens is 4. The van der Waals surface area contributed by atoms with Crippen molar-refractivity contribution in [3.8, 4) is 11.5 Å². The number of hydrogen-bond acceptors (Lipinski definition) is 5. The highest BCUT2D eigenvalue weighted by Crippen LogP contribution is 2.14. The summed E-state index contributed by atoms with van der Waals surface area (Å²) in [5, 5.41) is 7.05. The maximum absolute atomic E-state index is 5.44. The molecular weight excluding hydrogens is 276 g/mol. The molecule has 7 heteroatoms. The molecule has 0 spiro atoms. The average Bonchev–Trinajstić information content (AvgIpc) is 2.85. The fraction of sp³-hybridized carbons (Fsp3) is 0.462. The third kappa shape index (κ3) is 3.96. The quantitative estimate of drug-likeness (QED) is 0.596. The Balaban J connectivity index is 1.95. The van der Waals surface area contributed by atoms with Crippen LogP contribution in [0.2, 0.25) is 0 Å². The van der Waals surface area contributed by atoms with Crippen molar-refractivity contribution in [2.45, 2.75) is 13.0 Å². The Morgan fingerprint density at radius 3 is 2.95 bits per heavy atom. The molecule has 0 aliphatic carbocycles. The number of H-pyrrole nitrogens is 1. The van der Waals surface area contributed by atoms with Crippen LogP contribution in [0.1, 0.15) is 6.42 Å². The maximum Gasteiger partial charge on any atom is 0.195 e. The van der Waals surface area contributed by atoms with E-state index in [1.165, 1.54) is 0 Å². The summed E-state index contributed by atoms with van der Waals surface area (Å²) in [6, 6.07) is 5.72. The lowest BCUT2D eigenvalue weighted by Gasteiger charge is -2.07. The predicted molar refractivity (Wildman–Crippen MR) is 78.0 cm³/mol. The molecule has 0 radical (unpaired) electrons. The van der Waals surface area contributed by atoms with E-state index in [1.807, 2.05) is 22.8 Å². The summed E-state index contributed by atoms with van der Waals surface area (Å²) in [6.07, 6.45) is 2.60. The molecule has 6 nitrogen and oxygen atoms in total. The van der Waals surface area contributed by atoms with Crippen molar-refractivity contribution in [1.29, 1.82) is 0 Å². The second-order valence-electron chi connectivity index (χ2n) is 4.18. The lowest BCUT2D eigenvalue weighted by molar-refractivity contribution is 0.0680. The minimum absolute atomic E-state index is 0.600. The van der Waals surface area contributed by atoms with E-state index in [1.54, 1.807) is 13.3 Å². The first-order valence-electron chi connectivity index (χ1n) is 6.46. The van der Waals surface area contributed by atoms with Crippen molar-refractivity contribution in [2.24, 2.45) is 0 Å². The molecule has 0 atom stereocenters. The van der Waals surface area contributed by atoms with Gasteiger partial charge in [-0.05, 0) is 30.8 Å². The summed E-state index contributed by atoms with van der Waals surface area (Å²) >= 11 is 5.25. The van der Waals surface area contributed by atoms with Gasteiger partial charge in [0.1, 0.15) is 5.69 Å². The Bertz CT molecular complexity index is 567. The summed E-state index contributed by atoms with van der Waals surface area (Å²) in [5.41, 5.74) is 0.806. The third-order valence-electron chi connectivity index (χ3n) is 2.75. The molecule has 2 aromatic heterocycles. The molecule has 0 saturated carbocycles. The standard InChI is InChI=1S/C13H18N4O2S/c1-18-9-10-19-8-4-7-17-12(15-16-13(17)20)11-5-2-3-6-14-11/h2-3,5-6H,4,7-10H2,1H3,(H,16,20). The Kier molecular flexibility index (Phi) is 5.85. The molecule has 1 N–H and O–H groups in total. The average molecular weight is 294 g/mol. The van der Waals surface area contributed by atoms with Crippen molar-refractivity contribution in [1.82, 2.24) is 19.7 Å². The summed E-state index contributed by atoms with van der Waals surface area (Å²) in [5.74, 6) is 0.757. The van der Waals surface area contributed by atoms with E-state index in [0.29, 0.717) is 24.6 Å². The smallest absolute Gasteiger partial charge is 0.195 e. The fourth-order valence-corrected chi connectivity index (χ4v) is 2.01. The molecular formula is C13H18N4O2S. The monoisotopic (exact) mass is 294 g/mol. The van der Waals surface area contributed by atoms with Crippen molar-refractivity contribution >= 4 is 12.2 Å². The normalized spacial score (nSPS) is 10.8. The first-order chi connectivity index (χ1) is 9.83. The van der Waals surface area contributed by atoms with Crippen LogP contribution in [0.5, 0.6) is 0 Å². The van der Waals surface area contributed by atoms with Gasteiger partial charge in [-0.25, -0.2) is 0 Å². The second-order valence-corrected chi connectivity index (χ2v) is 4.56. The van der Waals surface area contributed by atoms with Crippen LogP contribution >= 0.6 is 12.2 Å². The van der Waals surface area contributed by atoms with Crippen LogP contribution in [-0.4, -0.2) is 46.7 Å². The molecule has 0 saturated heterocycles. The molecule has 0 fully saturated rings.